The summed E-state index contributed by atoms with van der Waals surface area (Å²) in [6.07, 6.45) is 3.29. The average Bonchev–Trinajstić information content (AvgIpc) is 3.16. The molecule has 0 radical (unpaired) electrons. The van der Waals surface area contributed by atoms with Crippen LogP contribution in [0.15, 0.2) is 18.2 Å². The van der Waals surface area contributed by atoms with Crippen molar-refractivity contribution in [2.75, 3.05) is 37.7 Å². The lowest BCUT2D eigenvalue weighted by Gasteiger charge is -2.35. The minimum Gasteiger partial charge on any atom is -0.477 e. The van der Waals surface area contributed by atoms with Gasteiger partial charge in [-0.15, -0.1) is 15.3 Å². The maximum absolute atomic E-state index is 12.6. The van der Waals surface area contributed by atoms with Crippen LogP contribution in [-0.2, 0) is 12.8 Å². The SMILES string of the molecule is CCOc1ccc(C(=O)N2CCN(c3cc4c(nn3)CCC4)CC2)nn1. The third-order valence-corrected chi connectivity index (χ3v) is 4.85. The van der Waals surface area contributed by atoms with E-state index in [2.05, 4.69) is 31.4 Å². The van der Waals surface area contributed by atoms with Crippen LogP contribution < -0.4 is 9.64 Å². The number of aromatic nitrogens is 4. The van der Waals surface area contributed by atoms with Crippen molar-refractivity contribution in [2.45, 2.75) is 26.2 Å². The highest BCUT2D eigenvalue weighted by atomic mass is 16.5. The Morgan fingerprint density at radius 1 is 1.08 bits per heavy atom. The van der Waals surface area contributed by atoms with Crippen molar-refractivity contribution in [3.05, 3.63) is 35.2 Å². The van der Waals surface area contributed by atoms with Gasteiger partial charge in [-0.25, -0.2) is 0 Å². The predicted octanol–water partition coefficient (Wildman–Crippen LogP) is 1.12. The Labute approximate surface area is 152 Å². The van der Waals surface area contributed by atoms with Crippen LogP contribution in [0.3, 0.4) is 0 Å². The topological polar surface area (TPSA) is 84.3 Å². The monoisotopic (exact) mass is 354 g/mol. The van der Waals surface area contributed by atoms with Crippen LogP contribution in [0.25, 0.3) is 0 Å². The fourth-order valence-corrected chi connectivity index (χ4v) is 3.43. The zero-order valence-electron chi connectivity index (χ0n) is 14.9. The molecule has 0 bridgehead atoms. The molecule has 136 valence electrons. The number of aryl methyl sites for hydroxylation is 2. The van der Waals surface area contributed by atoms with Crippen molar-refractivity contribution in [1.82, 2.24) is 25.3 Å². The predicted molar refractivity (Wildman–Crippen MR) is 95.4 cm³/mol. The molecule has 1 fully saturated rings. The van der Waals surface area contributed by atoms with Crippen LogP contribution >= 0.6 is 0 Å². The van der Waals surface area contributed by atoms with Crippen molar-refractivity contribution in [2.24, 2.45) is 0 Å². The van der Waals surface area contributed by atoms with Crippen LogP contribution in [0.2, 0.25) is 0 Å². The van der Waals surface area contributed by atoms with E-state index in [1.165, 1.54) is 12.0 Å². The lowest BCUT2D eigenvalue weighted by atomic mass is 10.2. The highest BCUT2D eigenvalue weighted by molar-refractivity contribution is 5.92. The van der Waals surface area contributed by atoms with E-state index in [0.29, 0.717) is 31.3 Å². The third kappa shape index (κ3) is 3.31. The van der Waals surface area contributed by atoms with Gasteiger partial charge in [-0.1, -0.05) is 0 Å². The lowest BCUT2D eigenvalue weighted by molar-refractivity contribution is 0.0739. The summed E-state index contributed by atoms with van der Waals surface area (Å²) in [5.74, 6) is 1.25. The molecule has 3 heterocycles. The normalized spacial score (nSPS) is 16.5. The zero-order valence-corrected chi connectivity index (χ0v) is 14.9. The first kappa shape index (κ1) is 16.7. The number of carbonyl (C=O) groups excluding carboxylic acids is 1. The Hall–Kier alpha value is -2.77. The number of anilines is 1. The van der Waals surface area contributed by atoms with Gasteiger partial charge >= 0.3 is 0 Å². The molecule has 1 saturated heterocycles. The second-order valence-electron chi connectivity index (χ2n) is 6.50. The van der Waals surface area contributed by atoms with Gasteiger partial charge in [0.2, 0.25) is 5.88 Å². The van der Waals surface area contributed by atoms with Crippen LogP contribution in [-0.4, -0.2) is 64.0 Å². The quantitative estimate of drug-likeness (QED) is 0.813. The van der Waals surface area contributed by atoms with Crippen LogP contribution in [0.1, 0.15) is 35.1 Å². The van der Waals surface area contributed by atoms with Crippen molar-refractivity contribution >= 4 is 11.7 Å². The van der Waals surface area contributed by atoms with Gasteiger partial charge in [-0.05, 0) is 43.9 Å². The molecule has 4 rings (SSSR count). The molecule has 8 heteroatoms. The number of ether oxygens (including phenoxy) is 1. The standard InChI is InChI=1S/C18H22N6O2/c1-2-26-17-7-6-15(20-22-17)18(25)24-10-8-23(9-11-24)16-12-13-4-3-5-14(13)19-21-16/h6-7,12H,2-5,8-11H2,1H3. The van der Waals surface area contributed by atoms with E-state index >= 15 is 0 Å². The first-order chi connectivity index (χ1) is 12.7. The number of hydrogen-bond acceptors (Lipinski definition) is 7. The molecule has 0 N–H and O–H groups in total. The van der Waals surface area contributed by atoms with E-state index in [-0.39, 0.29) is 5.91 Å². The molecular weight excluding hydrogens is 332 g/mol. The smallest absolute Gasteiger partial charge is 0.274 e. The highest BCUT2D eigenvalue weighted by Gasteiger charge is 2.25. The Balaban J connectivity index is 1.37. The summed E-state index contributed by atoms with van der Waals surface area (Å²) < 4.78 is 5.26. The largest absolute Gasteiger partial charge is 0.477 e. The first-order valence-electron chi connectivity index (χ1n) is 9.11. The molecule has 8 nitrogen and oxygen atoms in total. The van der Waals surface area contributed by atoms with Crippen molar-refractivity contribution in [3.63, 3.8) is 0 Å². The molecular formula is C18H22N6O2. The summed E-state index contributed by atoms with van der Waals surface area (Å²) >= 11 is 0. The van der Waals surface area contributed by atoms with Crippen LogP contribution in [0.4, 0.5) is 5.82 Å². The fraction of sp³-hybridized carbons (Fsp3) is 0.500. The number of amides is 1. The molecule has 1 amide bonds. The third-order valence-electron chi connectivity index (χ3n) is 4.85. The summed E-state index contributed by atoms with van der Waals surface area (Å²) in [5.41, 5.74) is 2.80. The molecule has 26 heavy (non-hydrogen) atoms. The van der Waals surface area contributed by atoms with E-state index < -0.39 is 0 Å². The number of piperazine rings is 1. The number of carbonyl (C=O) groups is 1. The van der Waals surface area contributed by atoms with Gasteiger partial charge in [0.25, 0.3) is 5.91 Å². The summed E-state index contributed by atoms with van der Waals surface area (Å²) in [4.78, 5) is 16.6. The van der Waals surface area contributed by atoms with Crippen LogP contribution in [0, 0.1) is 0 Å². The van der Waals surface area contributed by atoms with Crippen molar-refractivity contribution < 1.29 is 9.53 Å². The molecule has 2 aliphatic rings. The molecule has 0 unspecified atom stereocenters. The minimum absolute atomic E-state index is 0.0970. The molecule has 1 aliphatic carbocycles. The minimum atomic E-state index is -0.0970. The molecule has 1 aliphatic heterocycles. The van der Waals surface area contributed by atoms with Crippen LogP contribution in [0.5, 0.6) is 5.88 Å². The maximum atomic E-state index is 12.6. The lowest BCUT2D eigenvalue weighted by Crippen LogP contribution is -2.49. The van der Waals surface area contributed by atoms with Gasteiger partial charge in [0, 0.05) is 32.2 Å². The van der Waals surface area contributed by atoms with E-state index in [0.717, 1.165) is 37.4 Å². The second-order valence-corrected chi connectivity index (χ2v) is 6.50. The summed E-state index contributed by atoms with van der Waals surface area (Å²) in [5, 5.41) is 16.6. The van der Waals surface area contributed by atoms with Gasteiger partial charge in [0.05, 0.1) is 12.3 Å². The van der Waals surface area contributed by atoms with E-state index in [1.54, 1.807) is 12.1 Å². The number of fused-ring (bicyclic) bond motifs is 1. The first-order valence-corrected chi connectivity index (χ1v) is 9.11. The molecule has 2 aromatic rings. The Morgan fingerprint density at radius 3 is 2.65 bits per heavy atom. The Kier molecular flexibility index (Phi) is 4.64. The summed E-state index contributed by atoms with van der Waals surface area (Å²) in [7, 11) is 0. The van der Waals surface area contributed by atoms with Gasteiger partial charge < -0.3 is 14.5 Å². The molecule has 0 atom stereocenters. The van der Waals surface area contributed by atoms with Gasteiger partial charge in [0.1, 0.15) is 0 Å². The summed E-state index contributed by atoms with van der Waals surface area (Å²) in [6.45, 7) is 5.15. The second kappa shape index (κ2) is 7.23. The highest BCUT2D eigenvalue weighted by Crippen LogP contribution is 2.23. The van der Waals surface area contributed by atoms with E-state index in [1.807, 2.05) is 11.8 Å². The van der Waals surface area contributed by atoms with E-state index in [9.17, 15) is 4.79 Å². The van der Waals surface area contributed by atoms with Gasteiger partial charge in [-0.2, -0.15) is 5.10 Å². The number of rotatable bonds is 4. The zero-order chi connectivity index (χ0) is 17.9. The van der Waals surface area contributed by atoms with Gasteiger partial charge in [-0.3, -0.25) is 4.79 Å². The van der Waals surface area contributed by atoms with Crippen molar-refractivity contribution in [3.8, 4) is 5.88 Å². The van der Waals surface area contributed by atoms with Crippen molar-refractivity contribution in [1.29, 1.82) is 0 Å². The Morgan fingerprint density at radius 2 is 1.92 bits per heavy atom. The Bertz CT molecular complexity index is 787. The fourth-order valence-electron chi connectivity index (χ4n) is 3.43. The average molecular weight is 354 g/mol. The van der Waals surface area contributed by atoms with E-state index in [4.69, 9.17) is 4.74 Å². The van der Waals surface area contributed by atoms with Gasteiger partial charge in [0.15, 0.2) is 11.5 Å². The summed E-state index contributed by atoms with van der Waals surface area (Å²) in [6, 6.07) is 5.50. The molecule has 0 saturated carbocycles. The number of hydrogen-bond donors (Lipinski definition) is 0. The molecule has 0 spiro atoms. The maximum Gasteiger partial charge on any atom is 0.274 e. The number of nitrogens with zero attached hydrogens (tertiary/aromatic N) is 6. The molecule has 0 aromatic carbocycles. The molecule has 2 aromatic heterocycles.